The number of thiazole rings is 1. The van der Waals surface area contributed by atoms with Gasteiger partial charge in [-0.15, -0.1) is 0 Å². The number of amides is 1. The Labute approximate surface area is 180 Å². The molecule has 2 aromatic carbocycles. The highest BCUT2D eigenvalue weighted by atomic mass is 32.2. The summed E-state index contributed by atoms with van der Waals surface area (Å²) < 4.78 is 32.0. The number of benzene rings is 2. The molecule has 1 unspecified atom stereocenters. The molecule has 1 fully saturated rings. The smallest absolute Gasteiger partial charge is 0.261 e. The molecule has 0 N–H and O–H groups in total. The molecule has 1 amide bonds. The molecule has 0 bridgehead atoms. The summed E-state index contributed by atoms with van der Waals surface area (Å²) in [6.07, 6.45) is 1.73. The second-order valence-corrected chi connectivity index (χ2v) is 10.6. The van der Waals surface area contributed by atoms with E-state index >= 15 is 0 Å². The van der Waals surface area contributed by atoms with Crippen LogP contribution in [0.4, 0.5) is 5.13 Å². The summed E-state index contributed by atoms with van der Waals surface area (Å²) in [6, 6.07) is 12.3. The normalized spacial score (nSPS) is 16.8. The van der Waals surface area contributed by atoms with Crippen LogP contribution in [-0.4, -0.2) is 44.3 Å². The molecule has 1 aliphatic rings. The fraction of sp³-hybridized carbons (Fsp3) is 0.364. The zero-order chi connectivity index (χ0) is 21.3. The van der Waals surface area contributed by atoms with Gasteiger partial charge in [-0.3, -0.25) is 9.69 Å². The number of ether oxygens (including phenoxy) is 1. The van der Waals surface area contributed by atoms with Crippen LogP contribution in [0.25, 0.3) is 10.2 Å². The molecule has 1 saturated heterocycles. The molecule has 0 spiro atoms. The highest BCUT2D eigenvalue weighted by molar-refractivity contribution is 7.91. The molecule has 1 aliphatic heterocycles. The number of para-hydroxylation sites is 1. The Hall–Kier alpha value is -2.29. The first-order valence-corrected chi connectivity index (χ1v) is 12.5. The van der Waals surface area contributed by atoms with Crippen molar-refractivity contribution in [1.29, 1.82) is 0 Å². The first-order valence-electron chi connectivity index (χ1n) is 10.0. The van der Waals surface area contributed by atoms with E-state index in [4.69, 9.17) is 9.72 Å². The van der Waals surface area contributed by atoms with Crippen LogP contribution in [0.3, 0.4) is 0 Å². The van der Waals surface area contributed by atoms with Gasteiger partial charge in [0.1, 0.15) is 0 Å². The van der Waals surface area contributed by atoms with E-state index < -0.39 is 9.84 Å². The van der Waals surface area contributed by atoms with Gasteiger partial charge in [-0.25, -0.2) is 13.4 Å². The molecule has 6 nitrogen and oxygen atoms in total. The third kappa shape index (κ3) is 3.99. The number of rotatable bonds is 6. The van der Waals surface area contributed by atoms with E-state index in [0.717, 1.165) is 28.6 Å². The van der Waals surface area contributed by atoms with Gasteiger partial charge in [-0.2, -0.15) is 0 Å². The van der Waals surface area contributed by atoms with Gasteiger partial charge < -0.3 is 4.74 Å². The SMILES string of the molecule is CCS(=O)(=O)c1ccccc1C(=O)N(CC1CCCO1)c1nc2c(C)cccc2s1. The fourth-order valence-electron chi connectivity index (χ4n) is 3.65. The van der Waals surface area contributed by atoms with E-state index in [-0.39, 0.29) is 28.2 Å². The summed E-state index contributed by atoms with van der Waals surface area (Å²) in [5, 5.41) is 0.559. The van der Waals surface area contributed by atoms with Crippen LogP contribution in [0.15, 0.2) is 47.4 Å². The Morgan fingerprint density at radius 3 is 2.73 bits per heavy atom. The van der Waals surface area contributed by atoms with Gasteiger partial charge in [-0.05, 0) is 43.5 Å². The van der Waals surface area contributed by atoms with E-state index in [1.807, 2.05) is 25.1 Å². The summed E-state index contributed by atoms with van der Waals surface area (Å²) in [5.74, 6) is -0.432. The van der Waals surface area contributed by atoms with Gasteiger partial charge >= 0.3 is 0 Å². The summed E-state index contributed by atoms with van der Waals surface area (Å²) in [7, 11) is -3.54. The Morgan fingerprint density at radius 1 is 1.23 bits per heavy atom. The predicted octanol–water partition coefficient (Wildman–Crippen LogP) is 4.22. The van der Waals surface area contributed by atoms with Crippen molar-refractivity contribution in [2.24, 2.45) is 0 Å². The lowest BCUT2D eigenvalue weighted by Crippen LogP contribution is -2.38. The van der Waals surface area contributed by atoms with E-state index in [1.54, 1.807) is 30.0 Å². The summed E-state index contributed by atoms with van der Waals surface area (Å²) in [5.41, 5.74) is 2.07. The lowest BCUT2D eigenvalue weighted by atomic mass is 10.1. The topological polar surface area (TPSA) is 76.6 Å². The van der Waals surface area contributed by atoms with Crippen LogP contribution in [0, 0.1) is 6.92 Å². The van der Waals surface area contributed by atoms with Crippen molar-refractivity contribution in [3.8, 4) is 0 Å². The first kappa shape index (κ1) is 21.0. The number of nitrogens with zero attached hydrogens (tertiary/aromatic N) is 2. The number of aryl methyl sites for hydroxylation is 1. The number of sulfone groups is 1. The average molecular weight is 445 g/mol. The molecule has 8 heteroatoms. The minimum atomic E-state index is -3.54. The summed E-state index contributed by atoms with van der Waals surface area (Å²) in [4.78, 5) is 20.0. The fourth-order valence-corrected chi connectivity index (χ4v) is 5.78. The molecule has 158 valence electrons. The van der Waals surface area contributed by atoms with Crippen LogP contribution >= 0.6 is 11.3 Å². The first-order chi connectivity index (χ1) is 14.4. The average Bonchev–Trinajstić information content (AvgIpc) is 3.42. The lowest BCUT2D eigenvalue weighted by Gasteiger charge is -2.24. The second-order valence-electron chi connectivity index (χ2n) is 7.37. The highest BCUT2D eigenvalue weighted by Crippen LogP contribution is 2.33. The van der Waals surface area contributed by atoms with Gasteiger partial charge in [0.15, 0.2) is 15.0 Å². The third-order valence-corrected chi connectivity index (χ3v) is 8.16. The maximum atomic E-state index is 13.7. The zero-order valence-electron chi connectivity index (χ0n) is 17.0. The van der Waals surface area contributed by atoms with Crippen molar-refractivity contribution < 1.29 is 17.9 Å². The zero-order valence-corrected chi connectivity index (χ0v) is 18.6. The maximum absolute atomic E-state index is 13.7. The van der Waals surface area contributed by atoms with Gasteiger partial charge in [0, 0.05) is 6.61 Å². The van der Waals surface area contributed by atoms with Crippen molar-refractivity contribution in [1.82, 2.24) is 4.98 Å². The lowest BCUT2D eigenvalue weighted by molar-refractivity contribution is 0.0915. The number of hydrogen-bond acceptors (Lipinski definition) is 6. The molecular formula is C22H24N2O4S2. The highest BCUT2D eigenvalue weighted by Gasteiger charge is 2.30. The van der Waals surface area contributed by atoms with Crippen molar-refractivity contribution in [3.63, 3.8) is 0 Å². The number of fused-ring (bicyclic) bond motifs is 1. The second kappa shape index (κ2) is 8.45. The Bertz CT molecular complexity index is 1180. The Kier molecular flexibility index (Phi) is 5.90. The molecule has 0 radical (unpaired) electrons. The van der Waals surface area contributed by atoms with Crippen LogP contribution in [0.1, 0.15) is 35.7 Å². The molecule has 0 saturated carbocycles. The minimum Gasteiger partial charge on any atom is -0.376 e. The van der Waals surface area contributed by atoms with Crippen LogP contribution < -0.4 is 4.90 Å². The molecule has 2 heterocycles. The van der Waals surface area contributed by atoms with Crippen LogP contribution in [0.5, 0.6) is 0 Å². The quantitative estimate of drug-likeness (QED) is 0.569. The molecule has 1 atom stereocenters. The van der Waals surface area contributed by atoms with E-state index in [0.29, 0.717) is 18.3 Å². The van der Waals surface area contributed by atoms with E-state index in [9.17, 15) is 13.2 Å². The van der Waals surface area contributed by atoms with Gasteiger partial charge in [0.05, 0.1) is 39.1 Å². The van der Waals surface area contributed by atoms with Crippen molar-refractivity contribution in [3.05, 3.63) is 53.6 Å². The van der Waals surface area contributed by atoms with Crippen molar-refractivity contribution in [2.45, 2.75) is 37.7 Å². The van der Waals surface area contributed by atoms with E-state index in [1.165, 1.54) is 17.4 Å². The molecule has 3 aromatic rings. The van der Waals surface area contributed by atoms with Gasteiger partial charge in [0.2, 0.25) is 0 Å². The minimum absolute atomic E-state index is 0.0622. The van der Waals surface area contributed by atoms with Gasteiger partial charge in [0.25, 0.3) is 5.91 Å². The molecule has 0 aliphatic carbocycles. The van der Waals surface area contributed by atoms with Crippen LogP contribution in [0.2, 0.25) is 0 Å². The predicted molar refractivity (Wildman–Crippen MR) is 119 cm³/mol. The van der Waals surface area contributed by atoms with Crippen LogP contribution in [-0.2, 0) is 14.6 Å². The monoisotopic (exact) mass is 444 g/mol. The number of anilines is 1. The molecular weight excluding hydrogens is 420 g/mol. The van der Waals surface area contributed by atoms with Gasteiger partial charge in [-0.1, -0.05) is 42.5 Å². The van der Waals surface area contributed by atoms with Crippen molar-refractivity contribution in [2.75, 3.05) is 23.8 Å². The summed E-state index contributed by atoms with van der Waals surface area (Å²) in [6.45, 7) is 4.59. The number of carbonyl (C=O) groups excluding carboxylic acids is 1. The third-order valence-electron chi connectivity index (χ3n) is 5.33. The largest absolute Gasteiger partial charge is 0.376 e. The van der Waals surface area contributed by atoms with Crippen molar-refractivity contribution >= 4 is 42.4 Å². The summed E-state index contributed by atoms with van der Waals surface area (Å²) >= 11 is 1.43. The molecule has 1 aromatic heterocycles. The maximum Gasteiger partial charge on any atom is 0.261 e. The number of aromatic nitrogens is 1. The standard InChI is InChI=1S/C22H24N2O4S2/c1-3-30(26,27)19-12-5-4-10-17(19)21(25)24(14-16-9-7-13-28-16)22-23-20-15(2)8-6-11-18(20)29-22/h4-6,8,10-12,16H,3,7,9,13-14H2,1-2H3. The number of hydrogen-bond donors (Lipinski definition) is 0. The molecule has 30 heavy (non-hydrogen) atoms. The Morgan fingerprint density at radius 2 is 2.03 bits per heavy atom. The Balaban J connectivity index is 1.80. The number of carbonyl (C=O) groups is 1. The molecule has 4 rings (SSSR count). The van der Waals surface area contributed by atoms with E-state index in [2.05, 4.69) is 0 Å².